The fourth-order valence-electron chi connectivity index (χ4n) is 4.20. The summed E-state index contributed by atoms with van der Waals surface area (Å²) in [6.45, 7) is 0.518. The SMILES string of the molecule is COC(=O)c1ccc(C(=O)NCC[P+](c2ccccc2)(c2ccccc2)c2ccccc2)cc1. The lowest BCUT2D eigenvalue weighted by atomic mass is 10.1. The van der Waals surface area contributed by atoms with E-state index in [0.29, 0.717) is 17.7 Å². The number of amides is 1. The third-order valence-electron chi connectivity index (χ3n) is 5.89. The van der Waals surface area contributed by atoms with E-state index in [1.54, 1.807) is 24.3 Å². The van der Waals surface area contributed by atoms with Gasteiger partial charge in [0.05, 0.1) is 25.4 Å². The molecule has 0 unspecified atom stereocenters. The first-order valence-electron chi connectivity index (χ1n) is 11.2. The van der Waals surface area contributed by atoms with Gasteiger partial charge >= 0.3 is 5.97 Å². The second-order valence-corrected chi connectivity index (χ2v) is 11.5. The van der Waals surface area contributed by atoms with Crippen molar-refractivity contribution in [2.45, 2.75) is 0 Å². The number of hydrogen-bond donors (Lipinski definition) is 1. The molecule has 0 bridgehead atoms. The zero-order valence-corrected chi connectivity index (χ0v) is 20.0. The third kappa shape index (κ3) is 4.93. The van der Waals surface area contributed by atoms with Crippen LogP contribution in [0.5, 0.6) is 0 Å². The van der Waals surface area contributed by atoms with Crippen LogP contribution in [0.15, 0.2) is 115 Å². The van der Waals surface area contributed by atoms with Gasteiger partial charge in [0.2, 0.25) is 0 Å². The molecule has 1 N–H and O–H groups in total. The smallest absolute Gasteiger partial charge is 0.337 e. The van der Waals surface area contributed by atoms with Crippen LogP contribution >= 0.6 is 7.26 Å². The van der Waals surface area contributed by atoms with Crippen molar-refractivity contribution < 1.29 is 14.3 Å². The first-order valence-corrected chi connectivity index (χ1v) is 13.1. The van der Waals surface area contributed by atoms with E-state index in [-0.39, 0.29) is 5.91 Å². The van der Waals surface area contributed by atoms with E-state index in [4.69, 9.17) is 4.74 Å². The second kappa shape index (κ2) is 10.9. The van der Waals surface area contributed by atoms with E-state index in [9.17, 15) is 9.59 Å². The van der Waals surface area contributed by atoms with Gasteiger partial charge in [0, 0.05) is 5.56 Å². The minimum absolute atomic E-state index is 0.163. The van der Waals surface area contributed by atoms with Crippen molar-refractivity contribution in [1.82, 2.24) is 5.32 Å². The van der Waals surface area contributed by atoms with Crippen LogP contribution < -0.4 is 21.2 Å². The Kier molecular flexibility index (Phi) is 7.51. The number of hydrogen-bond acceptors (Lipinski definition) is 3. The van der Waals surface area contributed by atoms with Crippen LogP contribution in [0.1, 0.15) is 20.7 Å². The van der Waals surface area contributed by atoms with Crippen molar-refractivity contribution in [2.24, 2.45) is 0 Å². The van der Waals surface area contributed by atoms with E-state index in [0.717, 1.165) is 6.16 Å². The van der Waals surface area contributed by atoms with Crippen molar-refractivity contribution >= 4 is 35.1 Å². The summed E-state index contributed by atoms with van der Waals surface area (Å²) in [5, 5.41) is 6.94. The van der Waals surface area contributed by atoms with E-state index in [1.807, 2.05) is 18.2 Å². The van der Waals surface area contributed by atoms with Crippen molar-refractivity contribution in [1.29, 1.82) is 0 Å². The molecule has 4 nitrogen and oxygen atoms in total. The number of benzene rings is 4. The molecule has 4 rings (SSSR count). The van der Waals surface area contributed by atoms with Crippen LogP contribution in [0, 0.1) is 0 Å². The van der Waals surface area contributed by atoms with Gasteiger partial charge < -0.3 is 10.1 Å². The van der Waals surface area contributed by atoms with Crippen molar-refractivity contribution in [3.63, 3.8) is 0 Å². The Morgan fingerprint density at radius 1 is 0.647 bits per heavy atom. The number of carbonyl (C=O) groups excluding carboxylic acids is 2. The molecule has 1 amide bonds. The summed E-state index contributed by atoms with van der Waals surface area (Å²) in [7, 11) is -0.664. The maximum absolute atomic E-state index is 12.9. The topological polar surface area (TPSA) is 55.4 Å². The van der Waals surface area contributed by atoms with Crippen LogP contribution in [-0.2, 0) is 4.74 Å². The number of methoxy groups -OCH3 is 1. The lowest BCUT2D eigenvalue weighted by molar-refractivity contribution is 0.0600. The van der Waals surface area contributed by atoms with Gasteiger partial charge in [-0.1, -0.05) is 54.6 Å². The molecule has 0 aliphatic rings. The van der Waals surface area contributed by atoms with Gasteiger partial charge in [0.1, 0.15) is 23.2 Å². The lowest BCUT2D eigenvalue weighted by Crippen LogP contribution is -2.37. The molecule has 0 spiro atoms. The molecule has 0 atom stereocenters. The maximum atomic E-state index is 12.9. The van der Waals surface area contributed by atoms with Gasteiger partial charge in [-0.05, 0) is 60.7 Å². The standard InChI is InChI=1S/C29H26NO3P/c1-33-29(32)24-19-17-23(18-20-24)28(31)30-21-22-34(25-11-5-2-6-12-25,26-13-7-3-8-14-26)27-15-9-4-10-16-27/h2-20H,21-22H2,1H3/p+1. The van der Waals surface area contributed by atoms with E-state index in [2.05, 4.69) is 78.1 Å². The lowest BCUT2D eigenvalue weighted by Gasteiger charge is -2.27. The quantitative estimate of drug-likeness (QED) is 0.312. The summed E-state index contributed by atoms with van der Waals surface area (Å²) < 4.78 is 4.73. The normalized spacial score (nSPS) is 11.0. The zero-order chi connectivity index (χ0) is 23.8. The highest BCUT2D eigenvalue weighted by Crippen LogP contribution is 2.54. The van der Waals surface area contributed by atoms with E-state index >= 15 is 0 Å². The van der Waals surface area contributed by atoms with Gasteiger partial charge in [-0.25, -0.2) is 4.79 Å². The Labute approximate surface area is 200 Å². The molecule has 170 valence electrons. The number of rotatable bonds is 8. The van der Waals surface area contributed by atoms with Crippen LogP contribution in [0.2, 0.25) is 0 Å². The summed E-state index contributed by atoms with van der Waals surface area (Å²) in [6, 6.07) is 38.3. The molecule has 0 aromatic heterocycles. The highest BCUT2D eigenvalue weighted by atomic mass is 31.2. The Morgan fingerprint density at radius 3 is 1.47 bits per heavy atom. The summed E-state index contributed by atoms with van der Waals surface area (Å²) in [4.78, 5) is 24.5. The largest absolute Gasteiger partial charge is 0.465 e. The van der Waals surface area contributed by atoms with Crippen molar-refractivity contribution in [3.8, 4) is 0 Å². The van der Waals surface area contributed by atoms with Crippen LogP contribution in [-0.4, -0.2) is 31.7 Å². The maximum Gasteiger partial charge on any atom is 0.337 e. The number of esters is 1. The predicted octanol–water partition coefficient (Wildman–Crippen LogP) is 4.20. The molecular formula is C29H27NO3P+. The molecule has 0 saturated carbocycles. The summed E-state index contributed by atoms with van der Waals surface area (Å²) in [5.74, 6) is -0.584. The van der Waals surface area contributed by atoms with Crippen molar-refractivity contribution in [3.05, 3.63) is 126 Å². The molecule has 34 heavy (non-hydrogen) atoms. The highest BCUT2D eigenvalue weighted by Gasteiger charge is 2.44. The van der Waals surface area contributed by atoms with Gasteiger partial charge in [-0.15, -0.1) is 0 Å². The fourth-order valence-corrected chi connectivity index (χ4v) is 8.36. The Hall–Kier alpha value is -3.75. The first kappa shape index (κ1) is 23.4. The monoisotopic (exact) mass is 468 g/mol. The Balaban J connectivity index is 1.63. The molecule has 0 heterocycles. The van der Waals surface area contributed by atoms with E-state index in [1.165, 1.54) is 23.0 Å². The highest BCUT2D eigenvalue weighted by molar-refractivity contribution is 7.95. The molecule has 4 aromatic carbocycles. The Morgan fingerprint density at radius 2 is 1.06 bits per heavy atom. The molecule has 0 radical (unpaired) electrons. The molecule has 0 aliphatic heterocycles. The van der Waals surface area contributed by atoms with Crippen molar-refractivity contribution in [2.75, 3.05) is 19.8 Å². The minimum Gasteiger partial charge on any atom is -0.465 e. The fraction of sp³-hybridized carbons (Fsp3) is 0.103. The second-order valence-electron chi connectivity index (χ2n) is 7.86. The van der Waals surface area contributed by atoms with Gasteiger partial charge in [-0.2, -0.15) is 0 Å². The third-order valence-corrected chi connectivity index (χ3v) is 10.3. The average molecular weight is 469 g/mol. The molecular weight excluding hydrogens is 441 g/mol. The average Bonchev–Trinajstić information content (AvgIpc) is 2.92. The number of ether oxygens (including phenoxy) is 1. The molecule has 4 aromatic rings. The predicted molar refractivity (Wildman–Crippen MR) is 140 cm³/mol. The summed E-state index contributed by atoms with van der Waals surface area (Å²) in [5.41, 5.74) is 0.928. The van der Waals surface area contributed by atoms with Gasteiger partial charge in [0.25, 0.3) is 5.91 Å². The van der Waals surface area contributed by atoms with Gasteiger partial charge in [0.15, 0.2) is 0 Å². The van der Waals surface area contributed by atoms with E-state index < -0.39 is 13.2 Å². The van der Waals surface area contributed by atoms with Crippen LogP contribution in [0.4, 0.5) is 0 Å². The molecule has 0 fully saturated rings. The zero-order valence-electron chi connectivity index (χ0n) is 19.1. The summed E-state index contributed by atoms with van der Waals surface area (Å²) in [6.07, 6.45) is 0.789. The molecule has 0 aliphatic carbocycles. The summed E-state index contributed by atoms with van der Waals surface area (Å²) >= 11 is 0. The van der Waals surface area contributed by atoms with Crippen LogP contribution in [0.25, 0.3) is 0 Å². The first-order chi connectivity index (χ1) is 16.6. The van der Waals surface area contributed by atoms with Crippen LogP contribution in [0.3, 0.4) is 0 Å². The molecule has 0 saturated heterocycles. The number of carbonyl (C=O) groups is 2. The minimum atomic E-state index is -2.00. The Bertz CT molecular complexity index is 1130. The molecule has 5 heteroatoms. The van der Waals surface area contributed by atoms with Gasteiger partial charge in [-0.3, -0.25) is 4.79 Å². The number of nitrogens with one attached hydrogen (secondary N) is 1.